The summed E-state index contributed by atoms with van der Waals surface area (Å²) in [5, 5.41) is 19.9. The maximum Gasteiger partial charge on any atom is 0.123 e. The quantitative estimate of drug-likeness (QED) is 0.761. The first-order valence-corrected chi connectivity index (χ1v) is 7.02. The molecule has 1 heterocycles. The fourth-order valence-electron chi connectivity index (χ4n) is 2.96. The molecule has 0 saturated carbocycles. The van der Waals surface area contributed by atoms with Crippen molar-refractivity contribution in [2.24, 2.45) is 0 Å². The number of aromatic nitrogens is 1. The van der Waals surface area contributed by atoms with Crippen LogP contribution in [0.3, 0.4) is 0 Å². The number of fused-ring (bicyclic) bond motifs is 1. The third-order valence-electron chi connectivity index (χ3n) is 3.95. The Hall–Kier alpha value is -2.80. The third kappa shape index (κ3) is 2.11. The van der Waals surface area contributed by atoms with Gasteiger partial charge in [0, 0.05) is 16.8 Å². The second-order valence-electron chi connectivity index (χ2n) is 5.36. The summed E-state index contributed by atoms with van der Waals surface area (Å²) in [6, 6.07) is 13.6. The number of hydrogen-bond acceptors (Lipinski definition) is 2. The molecule has 3 rings (SSSR count). The van der Waals surface area contributed by atoms with E-state index in [9.17, 15) is 14.8 Å². The Morgan fingerprint density at radius 3 is 2.50 bits per heavy atom. The molecular weight excluding hydrogens is 279 g/mol. The van der Waals surface area contributed by atoms with Crippen LogP contribution >= 0.6 is 0 Å². The molecular formula is C18H15FN2O. The molecule has 4 heteroatoms. The summed E-state index contributed by atoms with van der Waals surface area (Å²) in [6.45, 7) is 3.77. The summed E-state index contributed by atoms with van der Waals surface area (Å²) in [5.74, 6) is -0.428. The summed E-state index contributed by atoms with van der Waals surface area (Å²) in [7, 11) is 0. The van der Waals surface area contributed by atoms with E-state index < -0.39 is 0 Å². The molecule has 0 radical (unpaired) electrons. The van der Waals surface area contributed by atoms with Crippen molar-refractivity contribution in [3.05, 3.63) is 59.5 Å². The number of benzene rings is 2. The lowest BCUT2D eigenvalue weighted by Gasteiger charge is -2.09. The van der Waals surface area contributed by atoms with Crippen molar-refractivity contribution in [3.63, 3.8) is 0 Å². The summed E-state index contributed by atoms with van der Waals surface area (Å²) < 4.78 is 15.2. The van der Waals surface area contributed by atoms with Crippen molar-refractivity contribution < 1.29 is 9.50 Å². The second kappa shape index (κ2) is 5.19. The first kappa shape index (κ1) is 14.2. The van der Waals surface area contributed by atoms with Crippen molar-refractivity contribution in [2.75, 3.05) is 0 Å². The molecule has 0 amide bonds. The summed E-state index contributed by atoms with van der Waals surface area (Å²) in [4.78, 5) is 0. The standard InChI is InChI=1S/C18H15FN2O/c1-11(10-20)18-12(2)21(14-5-3-13(19)4-6-14)17-8-7-15(22)9-16(17)18/h3-9,11,22H,1-2H3. The lowest BCUT2D eigenvalue weighted by Crippen LogP contribution is -1.99. The van der Waals surface area contributed by atoms with Crippen LogP contribution in [0, 0.1) is 24.1 Å². The topological polar surface area (TPSA) is 48.9 Å². The molecule has 0 aliphatic heterocycles. The van der Waals surface area contributed by atoms with Crippen LogP contribution in [0.5, 0.6) is 5.75 Å². The molecule has 0 fully saturated rings. The molecule has 3 aromatic rings. The molecule has 1 atom stereocenters. The van der Waals surface area contributed by atoms with E-state index in [-0.39, 0.29) is 17.5 Å². The maximum atomic E-state index is 13.2. The molecule has 0 saturated heterocycles. The zero-order valence-electron chi connectivity index (χ0n) is 12.3. The number of phenolic OH excluding ortho intramolecular Hbond substituents is 1. The molecule has 0 aliphatic rings. The van der Waals surface area contributed by atoms with Crippen molar-refractivity contribution >= 4 is 10.9 Å². The third-order valence-corrected chi connectivity index (χ3v) is 3.95. The van der Waals surface area contributed by atoms with E-state index in [1.54, 1.807) is 24.3 Å². The van der Waals surface area contributed by atoms with Gasteiger partial charge in [0.05, 0.1) is 17.5 Å². The Labute approximate surface area is 127 Å². The number of nitriles is 1. The average Bonchev–Trinajstić information content (AvgIpc) is 2.79. The lowest BCUT2D eigenvalue weighted by atomic mass is 9.99. The molecule has 0 aliphatic carbocycles. The van der Waals surface area contributed by atoms with Gasteiger partial charge in [0.25, 0.3) is 0 Å². The van der Waals surface area contributed by atoms with Gasteiger partial charge in [-0.1, -0.05) is 0 Å². The van der Waals surface area contributed by atoms with Crippen LogP contribution in [0.1, 0.15) is 24.1 Å². The van der Waals surface area contributed by atoms with Crippen molar-refractivity contribution in [3.8, 4) is 17.5 Å². The molecule has 1 unspecified atom stereocenters. The van der Waals surface area contributed by atoms with Gasteiger partial charge in [-0.15, -0.1) is 0 Å². The molecule has 1 aromatic heterocycles. The van der Waals surface area contributed by atoms with Crippen LogP contribution in [-0.4, -0.2) is 9.67 Å². The second-order valence-corrected chi connectivity index (χ2v) is 5.36. The molecule has 2 aromatic carbocycles. The average molecular weight is 294 g/mol. The zero-order valence-corrected chi connectivity index (χ0v) is 12.3. The number of nitrogens with zero attached hydrogens (tertiary/aromatic N) is 2. The smallest absolute Gasteiger partial charge is 0.123 e. The first-order valence-electron chi connectivity index (χ1n) is 7.02. The minimum Gasteiger partial charge on any atom is -0.508 e. The highest BCUT2D eigenvalue weighted by Crippen LogP contribution is 2.35. The Morgan fingerprint density at radius 1 is 1.18 bits per heavy atom. The van der Waals surface area contributed by atoms with Gasteiger partial charge in [0.2, 0.25) is 0 Å². The fourth-order valence-corrected chi connectivity index (χ4v) is 2.96. The van der Waals surface area contributed by atoms with E-state index >= 15 is 0 Å². The Kier molecular flexibility index (Phi) is 3.34. The van der Waals surface area contributed by atoms with Crippen molar-refractivity contribution in [1.82, 2.24) is 4.57 Å². The molecule has 0 spiro atoms. The van der Waals surface area contributed by atoms with Gasteiger partial charge < -0.3 is 9.67 Å². The van der Waals surface area contributed by atoms with Crippen LogP contribution in [0.4, 0.5) is 4.39 Å². The maximum absolute atomic E-state index is 13.2. The molecule has 110 valence electrons. The summed E-state index contributed by atoms with van der Waals surface area (Å²) in [6.07, 6.45) is 0. The number of phenols is 1. The number of aromatic hydroxyl groups is 1. The van der Waals surface area contributed by atoms with E-state index in [0.717, 1.165) is 27.8 Å². The van der Waals surface area contributed by atoms with Gasteiger partial charge in [0.15, 0.2) is 0 Å². The van der Waals surface area contributed by atoms with Gasteiger partial charge in [-0.25, -0.2) is 4.39 Å². The Balaban J connectivity index is 2.38. The zero-order chi connectivity index (χ0) is 15.9. The van der Waals surface area contributed by atoms with Crippen LogP contribution in [-0.2, 0) is 0 Å². The van der Waals surface area contributed by atoms with Gasteiger partial charge in [-0.05, 0) is 61.9 Å². The predicted octanol–water partition coefficient (Wildman–Crippen LogP) is 4.41. The fraction of sp³-hybridized carbons (Fsp3) is 0.167. The van der Waals surface area contributed by atoms with E-state index in [0.29, 0.717) is 0 Å². The van der Waals surface area contributed by atoms with Gasteiger partial charge in [-0.3, -0.25) is 0 Å². The number of rotatable bonds is 2. The van der Waals surface area contributed by atoms with Crippen molar-refractivity contribution in [1.29, 1.82) is 5.26 Å². The van der Waals surface area contributed by atoms with E-state index in [1.165, 1.54) is 12.1 Å². The molecule has 1 N–H and O–H groups in total. The normalized spacial score (nSPS) is 12.3. The minimum absolute atomic E-state index is 0.162. The summed E-state index contributed by atoms with van der Waals surface area (Å²) in [5.41, 5.74) is 3.52. The van der Waals surface area contributed by atoms with Gasteiger partial charge in [0.1, 0.15) is 11.6 Å². The highest BCUT2D eigenvalue weighted by molar-refractivity contribution is 5.89. The Bertz CT molecular complexity index is 888. The van der Waals surface area contributed by atoms with Crippen molar-refractivity contribution in [2.45, 2.75) is 19.8 Å². The van der Waals surface area contributed by atoms with Crippen LogP contribution in [0.15, 0.2) is 42.5 Å². The number of hydrogen-bond donors (Lipinski definition) is 1. The molecule has 0 bridgehead atoms. The predicted molar refractivity (Wildman–Crippen MR) is 83.7 cm³/mol. The SMILES string of the molecule is Cc1c(C(C)C#N)c2cc(O)ccc2n1-c1ccc(F)cc1. The van der Waals surface area contributed by atoms with Gasteiger partial charge >= 0.3 is 0 Å². The first-order chi connectivity index (χ1) is 10.5. The highest BCUT2D eigenvalue weighted by atomic mass is 19.1. The van der Waals surface area contributed by atoms with E-state index in [2.05, 4.69) is 6.07 Å². The van der Waals surface area contributed by atoms with Crippen LogP contribution in [0.25, 0.3) is 16.6 Å². The minimum atomic E-state index is -0.300. The van der Waals surface area contributed by atoms with Gasteiger partial charge in [-0.2, -0.15) is 5.26 Å². The summed E-state index contributed by atoms with van der Waals surface area (Å²) >= 11 is 0. The highest BCUT2D eigenvalue weighted by Gasteiger charge is 2.20. The molecule has 3 nitrogen and oxygen atoms in total. The largest absolute Gasteiger partial charge is 0.508 e. The van der Waals surface area contributed by atoms with Crippen LogP contribution in [0.2, 0.25) is 0 Å². The van der Waals surface area contributed by atoms with E-state index in [1.807, 2.05) is 24.5 Å². The number of halogens is 1. The monoisotopic (exact) mass is 294 g/mol. The Morgan fingerprint density at radius 2 is 1.86 bits per heavy atom. The lowest BCUT2D eigenvalue weighted by molar-refractivity contribution is 0.476. The van der Waals surface area contributed by atoms with E-state index in [4.69, 9.17) is 0 Å². The molecule has 22 heavy (non-hydrogen) atoms. The van der Waals surface area contributed by atoms with Crippen LogP contribution < -0.4 is 0 Å².